The maximum Gasteiger partial charge on any atom is 0.332 e. The molecule has 0 saturated carbocycles. The predicted molar refractivity (Wildman–Crippen MR) is 53.4 cm³/mol. The van der Waals surface area contributed by atoms with E-state index in [1.54, 1.807) is 12.1 Å². The van der Waals surface area contributed by atoms with E-state index >= 15 is 0 Å². The van der Waals surface area contributed by atoms with Crippen molar-refractivity contribution >= 4 is 23.8 Å². The number of hydrogen-bond acceptors (Lipinski definition) is 3. The van der Waals surface area contributed by atoms with Crippen LogP contribution in [0.25, 0.3) is 0 Å². The first-order valence-corrected chi connectivity index (χ1v) is 4.05. The van der Waals surface area contributed by atoms with Crippen LogP contribution in [0.2, 0.25) is 5.02 Å². The average Bonchev–Trinajstić information content (AvgIpc) is 2.09. The van der Waals surface area contributed by atoms with Crippen LogP contribution >= 0.6 is 11.6 Å². The number of phenols is 1. The quantitative estimate of drug-likeness (QED) is 0.507. The topological polar surface area (TPSA) is 87.7 Å². The molecule has 0 aliphatic rings. The number of phenolic OH excluding ortho intramolecular Hbond substituents is 1. The normalized spacial score (nSPS) is 10.4. The molecule has 0 atom stereocenters. The van der Waals surface area contributed by atoms with E-state index in [0.29, 0.717) is 10.6 Å². The second kappa shape index (κ2) is 4.48. The second-order valence-electron chi connectivity index (χ2n) is 2.41. The maximum absolute atomic E-state index is 10.3. The third kappa shape index (κ3) is 2.63. The average molecular weight is 214 g/mol. The van der Waals surface area contributed by atoms with Crippen LogP contribution in [-0.4, -0.2) is 17.4 Å². The molecule has 6 heteroatoms. The lowest BCUT2D eigenvalue weighted by Gasteiger charge is -2.00. The van der Waals surface area contributed by atoms with Crippen molar-refractivity contribution in [3.63, 3.8) is 0 Å². The van der Waals surface area contributed by atoms with Crippen LogP contribution in [0.5, 0.6) is 5.75 Å². The summed E-state index contributed by atoms with van der Waals surface area (Å²) < 4.78 is 0. The summed E-state index contributed by atoms with van der Waals surface area (Å²) in [6.07, 6.45) is 1.21. The van der Waals surface area contributed by atoms with E-state index in [2.05, 4.69) is 5.10 Å². The summed E-state index contributed by atoms with van der Waals surface area (Å²) in [5.41, 5.74) is 7.08. The van der Waals surface area contributed by atoms with Gasteiger partial charge in [-0.3, -0.25) is 0 Å². The lowest BCUT2D eigenvalue weighted by atomic mass is 10.2. The SMILES string of the molecule is NC(=O)NN=Cc1c(O)cccc1Cl. The number of primary amides is 1. The fraction of sp³-hybridized carbons (Fsp3) is 0. The second-order valence-corrected chi connectivity index (χ2v) is 2.81. The Balaban J connectivity index is 2.85. The Labute approximate surface area is 85.2 Å². The molecule has 0 aromatic heterocycles. The number of rotatable bonds is 2. The monoisotopic (exact) mass is 213 g/mol. The summed E-state index contributed by atoms with van der Waals surface area (Å²) in [7, 11) is 0. The summed E-state index contributed by atoms with van der Waals surface area (Å²) in [5, 5.41) is 13.1. The van der Waals surface area contributed by atoms with Crippen LogP contribution in [0.1, 0.15) is 5.56 Å². The fourth-order valence-electron chi connectivity index (χ4n) is 0.814. The van der Waals surface area contributed by atoms with Gasteiger partial charge < -0.3 is 10.8 Å². The molecule has 0 bridgehead atoms. The number of benzene rings is 1. The third-order valence-electron chi connectivity index (χ3n) is 1.40. The first kappa shape index (κ1) is 10.3. The number of nitrogens with two attached hydrogens (primary N) is 1. The minimum Gasteiger partial charge on any atom is -0.507 e. The van der Waals surface area contributed by atoms with Crippen molar-refractivity contribution in [1.82, 2.24) is 5.43 Å². The van der Waals surface area contributed by atoms with Crippen molar-refractivity contribution in [1.29, 1.82) is 0 Å². The van der Waals surface area contributed by atoms with Gasteiger partial charge in [0.25, 0.3) is 0 Å². The number of hydrogen-bond donors (Lipinski definition) is 3. The van der Waals surface area contributed by atoms with Gasteiger partial charge >= 0.3 is 6.03 Å². The van der Waals surface area contributed by atoms with Gasteiger partial charge in [0.1, 0.15) is 5.75 Å². The van der Waals surface area contributed by atoms with Crippen molar-refractivity contribution in [2.75, 3.05) is 0 Å². The molecule has 0 spiro atoms. The van der Waals surface area contributed by atoms with Gasteiger partial charge in [0, 0.05) is 0 Å². The Hall–Kier alpha value is -1.75. The molecular weight excluding hydrogens is 206 g/mol. The number of urea groups is 1. The largest absolute Gasteiger partial charge is 0.507 e. The zero-order valence-electron chi connectivity index (χ0n) is 7.07. The van der Waals surface area contributed by atoms with Gasteiger partial charge in [-0.2, -0.15) is 5.10 Å². The van der Waals surface area contributed by atoms with Crippen LogP contribution in [0.15, 0.2) is 23.3 Å². The summed E-state index contributed by atoms with van der Waals surface area (Å²) in [6.45, 7) is 0. The summed E-state index contributed by atoms with van der Waals surface area (Å²) in [5.74, 6) is -0.0208. The van der Waals surface area contributed by atoms with Crippen molar-refractivity contribution in [3.8, 4) is 5.75 Å². The Morgan fingerprint density at radius 3 is 2.93 bits per heavy atom. The van der Waals surface area contributed by atoms with E-state index in [4.69, 9.17) is 17.3 Å². The molecule has 4 N–H and O–H groups in total. The zero-order valence-corrected chi connectivity index (χ0v) is 7.82. The Bertz CT molecular complexity index is 359. The van der Waals surface area contributed by atoms with Crippen molar-refractivity contribution in [2.24, 2.45) is 10.8 Å². The van der Waals surface area contributed by atoms with Crippen molar-refractivity contribution in [3.05, 3.63) is 28.8 Å². The molecule has 1 aromatic carbocycles. The molecule has 0 unspecified atom stereocenters. The van der Waals surface area contributed by atoms with Crippen LogP contribution in [-0.2, 0) is 0 Å². The highest BCUT2D eigenvalue weighted by Crippen LogP contribution is 2.22. The van der Waals surface area contributed by atoms with E-state index in [9.17, 15) is 9.90 Å². The number of carbonyl (C=O) groups is 1. The lowest BCUT2D eigenvalue weighted by molar-refractivity contribution is 0.249. The van der Waals surface area contributed by atoms with Crippen LogP contribution in [0, 0.1) is 0 Å². The van der Waals surface area contributed by atoms with Crippen molar-refractivity contribution < 1.29 is 9.90 Å². The number of nitrogens with one attached hydrogen (secondary N) is 1. The lowest BCUT2D eigenvalue weighted by Crippen LogP contribution is -2.24. The van der Waals surface area contributed by atoms with Gasteiger partial charge in [-0.15, -0.1) is 0 Å². The Morgan fingerprint density at radius 1 is 1.64 bits per heavy atom. The zero-order chi connectivity index (χ0) is 10.6. The molecule has 2 amide bonds. The smallest absolute Gasteiger partial charge is 0.332 e. The molecule has 1 rings (SSSR count). The van der Waals surface area contributed by atoms with E-state index < -0.39 is 6.03 Å². The van der Waals surface area contributed by atoms with Gasteiger partial charge in [-0.05, 0) is 12.1 Å². The van der Waals surface area contributed by atoms with Crippen LogP contribution < -0.4 is 11.2 Å². The minimum atomic E-state index is -0.784. The molecule has 74 valence electrons. The van der Waals surface area contributed by atoms with E-state index in [0.717, 1.165) is 0 Å². The van der Waals surface area contributed by atoms with Gasteiger partial charge in [0.2, 0.25) is 0 Å². The molecular formula is C8H8ClN3O2. The number of aromatic hydroxyl groups is 1. The number of halogens is 1. The molecule has 0 aliphatic heterocycles. The van der Waals surface area contributed by atoms with E-state index in [1.165, 1.54) is 12.3 Å². The maximum atomic E-state index is 10.3. The van der Waals surface area contributed by atoms with Crippen molar-refractivity contribution in [2.45, 2.75) is 0 Å². The molecule has 0 saturated heterocycles. The summed E-state index contributed by atoms with van der Waals surface area (Å²) >= 11 is 5.75. The molecule has 0 heterocycles. The summed E-state index contributed by atoms with van der Waals surface area (Å²) in [6, 6.07) is 3.86. The number of carbonyl (C=O) groups excluding carboxylic acids is 1. The van der Waals surface area contributed by atoms with Gasteiger partial charge in [0.15, 0.2) is 0 Å². The standard InChI is InChI=1S/C8H8ClN3O2/c9-6-2-1-3-7(13)5(6)4-11-12-8(10)14/h1-4,13H,(H3,10,12,14). The van der Waals surface area contributed by atoms with Crippen LogP contribution in [0.3, 0.4) is 0 Å². The number of amides is 2. The summed E-state index contributed by atoms with van der Waals surface area (Å²) in [4.78, 5) is 10.3. The predicted octanol–water partition coefficient (Wildman–Crippen LogP) is 1.05. The van der Waals surface area contributed by atoms with E-state index in [-0.39, 0.29) is 5.75 Å². The molecule has 5 nitrogen and oxygen atoms in total. The first-order chi connectivity index (χ1) is 6.61. The minimum absolute atomic E-state index is 0.0208. The highest BCUT2D eigenvalue weighted by molar-refractivity contribution is 6.33. The Kier molecular flexibility index (Phi) is 3.30. The molecule has 14 heavy (non-hydrogen) atoms. The number of hydrazone groups is 1. The number of nitrogens with zero attached hydrogens (tertiary/aromatic N) is 1. The Morgan fingerprint density at radius 2 is 2.36 bits per heavy atom. The molecule has 0 aliphatic carbocycles. The van der Waals surface area contributed by atoms with Crippen LogP contribution in [0.4, 0.5) is 4.79 Å². The molecule has 0 radical (unpaired) electrons. The highest BCUT2D eigenvalue weighted by atomic mass is 35.5. The van der Waals surface area contributed by atoms with Gasteiger partial charge in [-0.25, -0.2) is 10.2 Å². The van der Waals surface area contributed by atoms with Gasteiger partial charge in [-0.1, -0.05) is 17.7 Å². The first-order valence-electron chi connectivity index (χ1n) is 3.67. The fourth-order valence-corrected chi connectivity index (χ4v) is 1.03. The highest BCUT2D eigenvalue weighted by Gasteiger charge is 2.02. The third-order valence-corrected chi connectivity index (χ3v) is 1.73. The molecule has 1 aromatic rings. The molecule has 0 fully saturated rings. The van der Waals surface area contributed by atoms with E-state index in [1.807, 2.05) is 5.43 Å². The van der Waals surface area contributed by atoms with Gasteiger partial charge in [0.05, 0.1) is 16.8 Å².